The third kappa shape index (κ3) is 3.11. The number of fused-ring (bicyclic) bond motifs is 2. The number of aliphatic imine (C=N–C) groups is 1. The van der Waals surface area contributed by atoms with Gasteiger partial charge in [-0.05, 0) is 6.07 Å². The molecule has 0 saturated heterocycles. The van der Waals surface area contributed by atoms with Crippen LogP contribution in [0.1, 0.15) is 5.69 Å². The third-order valence-electron chi connectivity index (χ3n) is 4.68. The maximum absolute atomic E-state index is 9.32. The highest BCUT2D eigenvalue weighted by Crippen LogP contribution is 2.25. The van der Waals surface area contributed by atoms with E-state index < -0.39 is 0 Å². The monoisotopic (exact) mass is 409 g/mol. The quantitative estimate of drug-likeness (QED) is 0.335. The first-order valence-corrected chi connectivity index (χ1v) is 9.20. The van der Waals surface area contributed by atoms with Gasteiger partial charge in [0.2, 0.25) is 5.95 Å². The Morgan fingerprint density at radius 3 is 2.83 bits per heavy atom. The highest BCUT2D eigenvalue weighted by molar-refractivity contribution is 5.88. The molecule has 5 heterocycles. The van der Waals surface area contributed by atoms with Gasteiger partial charge in [0.25, 0.3) is 0 Å². The molecule has 4 aromatic heterocycles. The zero-order valence-corrected chi connectivity index (χ0v) is 15.8. The van der Waals surface area contributed by atoms with Gasteiger partial charge in [0.15, 0.2) is 17.3 Å². The fraction of sp³-hybridized carbons (Fsp3) is 0.235. The van der Waals surface area contributed by atoms with E-state index in [9.17, 15) is 10.2 Å². The zero-order chi connectivity index (χ0) is 20.5. The molecular weight excluding hydrogens is 390 g/mol. The van der Waals surface area contributed by atoms with Gasteiger partial charge in [-0.2, -0.15) is 0 Å². The number of aliphatic hydroxyl groups excluding tert-OH is 2. The number of hydrogen-bond acceptors (Lipinski definition) is 10. The summed E-state index contributed by atoms with van der Waals surface area (Å²) in [6.45, 7) is 0.751. The van der Waals surface area contributed by atoms with Gasteiger partial charge >= 0.3 is 0 Å². The number of nitrogens with one attached hydrogen (secondary N) is 2. The van der Waals surface area contributed by atoms with Gasteiger partial charge in [0.1, 0.15) is 25.1 Å². The first-order valence-electron chi connectivity index (χ1n) is 9.20. The van der Waals surface area contributed by atoms with E-state index in [0.29, 0.717) is 36.3 Å². The van der Waals surface area contributed by atoms with E-state index in [0.717, 1.165) is 11.1 Å². The average Bonchev–Trinajstić information content (AvgIpc) is 3.48. The molecule has 0 radical (unpaired) electrons. The molecular formula is C17H19N11O2. The second kappa shape index (κ2) is 7.46. The van der Waals surface area contributed by atoms with Gasteiger partial charge in [0.05, 0.1) is 24.9 Å². The lowest BCUT2D eigenvalue weighted by Gasteiger charge is -2.23. The minimum Gasteiger partial charge on any atom is -0.395 e. The minimum atomic E-state index is -0.170. The molecule has 0 aliphatic carbocycles. The SMILES string of the molecule is OCCn1ccnc1Nn1ccc2c(NN3C=Nc4c(ncn4CO)C3)ncnc21. The van der Waals surface area contributed by atoms with E-state index in [1.54, 1.807) is 43.9 Å². The van der Waals surface area contributed by atoms with Crippen LogP contribution in [0, 0.1) is 0 Å². The normalized spacial score (nSPS) is 13.1. The Balaban J connectivity index is 1.38. The van der Waals surface area contributed by atoms with Gasteiger partial charge in [0, 0.05) is 25.1 Å². The fourth-order valence-electron chi connectivity index (χ4n) is 3.26. The van der Waals surface area contributed by atoms with Crippen LogP contribution in [0.4, 0.5) is 17.6 Å². The first-order chi connectivity index (χ1) is 14.8. The molecule has 0 fully saturated rings. The average molecular weight is 409 g/mol. The maximum Gasteiger partial charge on any atom is 0.222 e. The lowest BCUT2D eigenvalue weighted by Crippen LogP contribution is -2.30. The van der Waals surface area contributed by atoms with Crippen LogP contribution in [0.2, 0.25) is 0 Å². The van der Waals surface area contributed by atoms with E-state index in [2.05, 4.69) is 35.8 Å². The standard InChI is InChI=1S/C17H19N11O2/c29-6-5-25-4-2-18-17(25)24-28-3-1-12-14(19-8-20-15(12)28)23-27-7-13-16(22-10-27)26(11-30)9-21-13/h1-4,8-10,29-30H,5-7,11H2,(H,18,24)(H,19,20,23). The van der Waals surface area contributed by atoms with Crippen LogP contribution >= 0.6 is 0 Å². The first kappa shape index (κ1) is 18.1. The van der Waals surface area contributed by atoms with Crippen molar-refractivity contribution in [2.75, 3.05) is 17.5 Å². The van der Waals surface area contributed by atoms with E-state index in [4.69, 9.17) is 0 Å². The molecule has 0 aromatic carbocycles. The van der Waals surface area contributed by atoms with Crippen molar-refractivity contribution in [2.45, 2.75) is 19.8 Å². The second-order valence-electron chi connectivity index (χ2n) is 6.54. The Hall–Kier alpha value is -3.97. The Bertz CT molecular complexity index is 1210. The van der Waals surface area contributed by atoms with E-state index in [1.165, 1.54) is 6.33 Å². The minimum absolute atomic E-state index is 0.0172. The highest BCUT2D eigenvalue weighted by Gasteiger charge is 2.19. The summed E-state index contributed by atoms with van der Waals surface area (Å²) in [6.07, 6.45) is 9.93. The molecule has 5 rings (SSSR count). The second-order valence-corrected chi connectivity index (χ2v) is 6.54. The van der Waals surface area contributed by atoms with Crippen molar-refractivity contribution in [3.8, 4) is 0 Å². The van der Waals surface area contributed by atoms with Gasteiger partial charge in [-0.3, -0.25) is 20.4 Å². The molecule has 0 bridgehead atoms. The van der Waals surface area contributed by atoms with Crippen molar-refractivity contribution in [3.05, 3.63) is 43.0 Å². The molecule has 13 nitrogen and oxygen atoms in total. The van der Waals surface area contributed by atoms with Crippen LogP contribution in [0.5, 0.6) is 0 Å². The predicted octanol–water partition coefficient (Wildman–Crippen LogP) is 0.144. The lowest BCUT2D eigenvalue weighted by atomic mass is 10.3. The van der Waals surface area contributed by atoms with Crippen molar-refractivity contribution in [1.82, 2.24) is 38.8 Å². The Kier molecular flexibility index (Phi) is 4.49. The molecule has 30 heavy (non-hydrogen) atoms. The van der Waals surface area contributed by atoms with Crippen LogP contribution in [-0.4, -0.2) is 61.9 Å². The molecule has 4 N–H and O–H groups in total. The summed E-state index contributed by atoms with van der Waals surface area (Å²) >= 11 is 0. The number of aliphatic hydroxyl groups is 2. The van der Waals surface area contributed by atoms with Crippen molar-refractivity contribution in [2.24, 2.45) is 4.99 Å². The summed E-state index contributed by atoms with van der Waals surface area (Å²) in [7, 11) is 0. The highest BCUT2D eigenvalue weighted by atomic mass is 16.3. The van der Waals surface area contributed by atoms with Gasteiger partial charge in [-0.1, -0.05) is 0 Å². The zero-order valence-electron chi connectivity index (χ0n) is 15.8. The van der Waals surface area contributed by atoms with Crippen LogP contribution in [-0.2, 0) is 19.8 Å². The van der Waals surface area contributed by atoms with Crippen molar-refractivity contribution < 1.29 is 10.2 Å². The third-order valence-corrected chi connectivity index (χ3v) is 4.68. The van der Waals surface area contributed by atoms with E-state index in [-0.39, 0.29) is 13.3 Å². The molecule has 4 aromatic rings. The van der Waals surface area contributed by atoms with Crippen molar-refractivity contribution in [1.29, 1.82) is 0 Å². The summed E-state index contributed by atoms with van der Waals surface area (Å²) in [4.78, 5) is 21.6. The summed E-state index contributed by atoms with van der Waals surface area (Å²) in [5.74, 6) is 1.83. The Labute approximate surface area is 169 Å². The fourth-order valence-corrected chi connectivity index (χ4v) is 3.26. The number of aromatic nitrogens is 7. The smallest absolute Gasteiger partial charge is 0.222 e. The van der Waals surface area contributed by atoms with Crippen LogP contribution < -0.4 is 10.9 Å². The molecule has 0 amide bonds. The van der Waals surface area contributed by atoms with E-state index in [1.807, 2.05) is 12.3 Å². The molecule has 154 valence electrons. The number of anilines is 2. The molecule has 0 unspecified atom stereocenters. The molecule has 1 aliphatic heterocycles. The van der Waals surface area contributed by atoms with Crippen molar-refractivity contribution >= 4 is 35.0 Å². The molecule has 0 atom stereocenters. The summed E-state index contributed by atoms with van der Waals surface area (Å²) < 4.78 is 5.11. The van der Waals surface area contributed by atoms with Crippen LogP contribution in [0.15, 0.2) is 42.3 Å². The molecule has 1 aliphatic rings. The number of hydrogen-bond donors (Lipinski definition) is 4. The van der Waals surface area contributed by atoms with Crippen LogP contribution in [0.25, 0.3) is 11.0 Å². The maximum atomic E-state index is 9.32. The molecule has 13 heteroatoms. The number of imidazole rings is 2. The number of hydrazine groups is 1. The predicted molar refractivity (Wildman–Crippen MR) is 108 cm³/mol. The molecule has 0 spiro atoms. The number of rotatable bonds is 7. The van der Waals surface area contributed by atoms with Gasteiger partial charge < -0.3 is 14.8 Å². The summed E-state index contributed by atoms with van der Waals surface area (Å²) in [6, 6.07) is 1.89. The molecule has 0 saturated carbocycles. The summed E-state index contributed by atoms with van der Waals surface area (Å²) in [5.41, 5.74) is 7.81. The lowest BCUT2D eigenvalue weighted by molar-refractivity contribution is 0.211. The Morgan fingerprint density at radius 1 is 1.03 bits per heavy atom. The topological polar surface area (TPSA) is 146 Å². The van der Waals surface area contributed by atoms with Gasteiger partial charge in [-0.25, -0.2) is 29.6 Å². The largest absolute Gasteiger partial charge is 0.395 e. The van der Waals surface area contributed by atoms with Crippen LogP contribution in [0.3, 0.4) is 0 Å². The Morgan fingerprint density at radius 2 is 1.97 bits per heavy atom. The van der Waals surface area contributed by atoms with Crippen molar-refractivity contribution in [3.63, 3.8) is 0 Å². The van der Waals surface area contributed by atoms with Gasteiger partial charge in [-0.15, -0.1) is 0 Å². The number of nitrogens with zero attached hydrogens (tertiary/aromatic N) is 9. The van der Waals surface area contributed by atoms with E-state index >= 15 is 0 Å². The summed E-state index contributed by atoms with van der Waals surface area (Å²) in [5, 5.41) is 21.1.